The van der Waals surface area contributed by atoms with Gasteiger partial charge < -0.3 is 15.0 Å². The quantitative estimate of drug-likeness (QED) is 0.815. The fourth-order valence-corrected chi connectivity index (χ4v) is 3.37. The van der Waals surface area contributed by atoms with Gasteiger partial charge in [0.05, 0.1) is 6.61 Å². The summed E-state index contributed by atoms with van der Waals surface area (Å²) < 4.78 is 5.41. The molecule has 0 aromatic rings. The lowest BCUT2D eigenvalue weighted by Gasteiger charge is -2.40. The molecule has 3 atom stereocenters. The van der Waals surface area contributed by atoms with Crippen LogP contribution in [0.5, 0.6) is 0 Å². The number of hydrogen-bond acceptors (Lipinski definition) is 3. The summed E-state index contributed by atoms with van der Waals surface area (Å²) >= 11 is 0. The van der Waals surface area contributed by atoms with Gasteiger partial charge in [-0.1, -0.05) is 13.3 Å². The van der Waals surface area contributed by atoms with Gasteiger partial charge in [-0.25, -0.2) is 0 Å². The lowest BCUT2D eigenvalue weighted by molar-refractivity contribution is -0.151. The van der Waals surface area contributed by atoms with Crippen LogP contribution < -0.4 is 5.32 Å². The molecule has 112 valence electrons. The largest absolute Gasteiger partial charge is 0.381 e. The molecule has 0 aromatic heterocycles. The molecule has 5 heteroatoms. The smallest absolute Gasteiger partial charge is 0.245 e. The molecule has 0 aromatic carbocycles. The highest BCUT2D eigenvalue weighted by molar-refractivity contribution is 5.97. The van der Waals surface area contributed by atoms with E-state index < -0.39 is 0 Å². The molecule has 1 aliphatic carbocycles. The van der Waals surface area contributed by atoms with Crippen molar-refractivity contribution in [3.8, 4) is 0 Å². The Morgan fingerprint density at radius 3 is 2.70 bits per heavy atom. The maximum Gasteiger partial charge on any atom is 0.245 e. The third-order valence-electron chi connectivity index (χ3n) is 4.63. The summed E-state index contributed by atoms with van der Waals surface area (Å²) in [5.74, 6) is 0.955. The van der Waals surface area contributed by atoms with Gasteiger partial charge in [-0.2, -0.15) is 0 Å². The number of nitrogens with zero attached hydrogens (tertiary/aromatic N) is 1. The number of rotatable bonds is 5. The summed E-state index contributed by atoms with van der Waals surface area (Å²) in [7, 11) is 0. The summed E-state index contributed by atoms with van der Waals surface area (Å²) in [6.45, 7) is 4.24. The second-order valence-electron chi connectivity index (χ2n) is 6.35. The minimum absolute atomic E-state index is 0.0597. The van der Waals surface area contributed by atoms with Gasteiger partial charge in [0.15, 0.2) is 0 Å². The highest BCUT2D eigenvalue weighted by Gasteiger charge is 2.48. The molecule has 3 fully saturated rings. The van der Waals surface area contributed by atoms with Gasteiger partial charge in [-0.3, -0.25) is 9.59 Å². The third kappa shape index (κ3) is 2.68. The van der Waals surface area contributed by atoms with Crippen molar-refractivity contribution in [2.75, 3.05) is 19.8 Å². The maximum atomic E-state index is 12.7. The summed E-state index contributed by atoms with van der Waals surface area (Å²) in [5.41, 5.74) is 0. The van der Waals surface area contributed by atoms with E-state index in [1.807, 2.05) is 11.8 Å². The van der Waals surface area contributed by atoms with E-state index >= 15 is 0 Å². The number of piperazine rings is 1. The molecular formula is C15H24N2O3. The Morgan fingerprint density at radius 1 is 1.30 bits per heavy atom. The van der Waals surface area contributed by atoms with Gasteiger partial charge in [0, 0.05) is 19.1 Å². The van der Waals surface area contributed by atoms with Gasteiger partial charge in [0.1, 0.15) is 12.1 Å². The van der Waals surface area contributed by atoms with E-state index in [0.717, 1.165) is 45.3 Å². The zero-order chi connectivity index (χ0) is 14.1. The van der Waals surface area contributed by atoms with E-state index in [2.05, 4.69) is 5.32 Å². The van der Waals surface area contributed by atoms with Crippen LogP contribution in [-0.4, -0.2) is 48.6 Å². The first kappa shape index (κ1) is 13.9. The van der Waals surface area contributed by atoms with E-state index in [9.17, 15) is 9.59 Å². The summed E-state index contributed by atoms with van der Waals surface area (Å²) in [5, 5.41) is 2.93. The highest BCUT2D eigenvalue weighted by atomic mass is 16.5. The first-order valence-corrected chi connectivity index (χ1v) is 7.89. The summed E-state index contributed by atoms with van der Waals surface area (Å²) in [6.07, 6.45) is 4.79. The number of nitrogens with one attached hydrogen (secondary N) is 1. The molecule has 1 saturated carbocycles. The molecule has 3 unspecified atom stereocenters. The number of carbonyl (C=O) groups is 2. The van der Waals surface area contributed by atoms with Crippen molar-refractivity contribution in [2.24, 2.45) is 11.8 Å². The molecule has 0 spiro atoms. The highest BCUT2D eigenvalue weighted by Crippen LogP contribution is 2.37. The van der Waals surface area contributed by atoms with Gasteiger partial charge in [-0.05, 0) is 31.6 Å². The fourth-order valence-electron chi connectivity index (χ4n) is 3.37. The lowest BCUT2D eigenvalue weighted by atomic mass is 9.98. The lowest BCUT2D eigenvalue weighted by Crippen LogP contribution is -2.64. The molecular weight excluding hydrogens is 256 g/mol. The molecule has 20 heavy (non-hydrogen) atoms. The molecule has 3 aliphatic rings. The zero-order valence-electron chi connectivity index (χ0n) is 12.1. The predicted octanol–water partition coefficient (Wildman–Crippen LogP) is 0.929. The fraction of sp³-hybridized carbons (Fsp3) is 0.867. The van der Waals surface area contributed by atoms with Gasteiger partial charge in [0.2, 0.25) is 11.8 Å². The van der Waals surface area contributed by atoms with Crippen LogP contribution in [0.3, 0.4) is 0 Å². The molecule has 2 heterocycles. The molecule has 0 radical (unpaired) electrons. The first-order chi connectivity index (χ1) is 9.70. The second kappa shape index (κ2) is 5.72. The van der Waals surface area contributed by atoms with E-state index in [-0.39, 0.29) is 23.9 Å². The molecule has 2 saturated heterocycles. The number of ether oxygens (including phenoxy) is 1. The number of hydrogen-bond donors (Lipinski definition) is 1. The van der Waals surface area contributed by atoms with E-state index in [1.54, 1.807) is 0 Å². The molecule has 0 bridgehead atoms. The van der Waals surface area contributed by atoms with Crippen molar-refractivity contribution < 1.29 is 14.3 Å². The van der Waals surface area contributed by atoms with Crippen LogP contribution in [0.2, 0.25) is 0 Å². The molecule has 1 N–H and O–H groups in total. The van der Waals surface area contributed by atoms with Crippen molar-refractivity contribution in [1.82, 2.24) is 10.2 Å². The van der Waals surface area contributed by atoms with Crippen molar-refractivity contribution >= 4 is 11.8 Å². The van der Waals surface area contributed by atoms with Crippen molar-refractivity contribution in [1.29, 1.82) is 0 Å². The average Bonchev–Trinajstić information content (AvgIpc) is 3.12. The first-order valence-electron chi connectivity index (χ1n) is 7.89. The standard InChI is InChI=1S/C15H24N2O3/c1-2-3-12-15(19)17(8-10-6-7-20-9-10)13(11-4-5-11)14(18)16-12/h10-13H,2-9H2,1H3,(H,16,18). The van der Waals surface area contributed by atoms with Gasteiger partial charge in [-0.15, -0.1) is 0 Å². The van der Waals surface area contributed by atoms with Crippen molar-refractivity contribution in [3.63, 3.8) is 0 Å². The van der Waals surface area contributed by atoms with Crippen LogP contribution >= 0.6 is 0 Å². The normalized spacial score (nSPS) is 34.5. The van der Waals surface area contributed by atoms with E-state index in [1.165, 1.54) is 0 Å². The van der Waals surface area contributed by atoms with Crippen LogP contribution in [-0.2, 0) is 14.3 Å². The Balaban J connectivity index is 1.74. The molecule has 3 rings (SSSR count). The van der Waals surface area contributed by atoms with Gasteiger partial charge in [0.25, 0.3) is 0 Å². The monoisotopic (exact) mass is 280 g/mol. The predicted molar refractivity (Wildman–Crippen MR) is 74.0 cm³/mol. The molecule has 5 nitrogen and oxygen atoms in total. The van der Waals surface area contributed by atoms with Crippen LogP contribution in [0.4, 0.5) is 0 Å². The second-order valence-corrected chi connectivity index (χ2v) is 6.35. The number of carbonyl (C=O) groups excluding carboxylic acids is 2. The van der Waals surface area contributed by atoms with Crippen LogP contribution in [0.25, 0.3) is 0 Å². The molecule has 2 aliphatic heterocycles. The van der Waals surface area contributed by atoms with Crippen LogP contribution in [0.15, 0.2) is 0 Å². The molecule has 2 amide bonds. The van der Waals surface area contributed by atoms with Crippen molar-refractivity contribution in [2.45, 2.75) is 51.1 Å². The van der Waals surface area contributed by atoms with E-state index in [0.29, 0.717) is 18.4 Å². The Morgan fingerprint density at radius 2 is 2.10 bits per heavy atom. The Labute approximate surface area is 120 Å². The Hall–Kier alpha value is -1.10. The summed E-state index contributed by atoms with van der Waals surface area (Å²) in [6, 6.07) is -0.541. The van der Waals surface area contributed by atoms with Crippen LogP contribution in [0, 0.1) is 11.8 Å². The zero-order valence-corrected chi connectivity index (χ0v) is 12.1. The van der Waals surface area contributed by atoms with E-state index in [4.69, 9.17) is 4.74 Å². The SMILES string of the molecule is CCCC1NC(=O)C(C2CC2)N(CC2CCOC2)C1=O. The minimum atomic E-state index is -0.315. The number of amides is 2. The Kier molecular flexibility index (Phi) is 3.96. The minimum Gasteiger partial charge on any atom is -0.381 e. The van der Waals surface area contributed by atoms with Crippen molar-refractivity contribution in [3.05, 3.63) is 0 Å². The summed E-state index contributed by atoms with van der Waals surface area (Å²) in [4.78, 5) is 26.9. The maximum absolute atomic E-state index is 12.7. The average molecular weight is 280 g/mol. The van der Waals surface area contributed by atoms with Crippen LogP contribution in [0.1, 0.15) is 39.0 Å². The van der Waals surface area contributed by atoms with Gasteiger partial charge >= 0.3 is 0 Å². The topological polar surface area (TPSA) is 58.6 Å². The Bertz CT molecular complexity index is 389. The third-order valence-corrected chi connectivity index (χ3v) is 4.63.